The summed E-state index contributed by atoms with van der Waals surface area (Å²) >= 11 is 1.68. The van der Waals surface area contributed by atoms with Crippen LogP contribution < -0.4 is 0 Å². The molecule has 84 valence electrons. The van der Waals surface area contributed by atoms with Gasteiger partial charge in [0.1, 0.15) is 0 Å². The summed E-state index contributed by atoms with van der Waals surface area (Å²) in [5.74, 6) is 0.577. The van der Waals surface area contributed by atoms with E-state index in [2.05, 4.69) is 16.9 Å². The van der Waals surface area contributed by atoms with Crippen molar-refractivity contribution in [3.05, 3.63) is 15.6 Å². The van der Waals surface area contributed by atoms with Crippen molar-refractivity contribution in [1.82, 2.24) is 9.88 Å². The predicted octanol–water partition coefficient (Wildman–Crippen LogP) is 1.75. The molecular formula is C11H18N2OS. The Morgan fingerprint density at radius 2 is 2.40 bits per heavy atom. The van der Waals surface area contributed by atoms with E-state index in [0.29, 0.717) is 5.92 Å². The third-order valence-electron chi connectivity index (χ3n) is 3.03. The van der Waals surface area contributed by atoms with Crippen LogP contribution in [0.3, 0.4) is 0 Å². The molecule has 1 aromatic rings. The highest BCUT2D eigenvalue weighted by Gasteiger charge is 2.22. The summed E-state index contributed by atoms with van der Waals surface area (Å²) in [6, 6.07) is 0. The molecular weight excluding hydrogens is 208 g/mol. The maximum atomic E-state index is 9.14. The molecule has 1 atom stereocenters. The lowest BCUT2D eigenvalue weighted by Crippen LogP contribution is -2.30. The summed E-state index contributed by atoms with van der Waals surface area (Å²) in [4.78, 5) is 7.96. The number of hydrogen-bond donors (Lipinski definition) is 1. The van der Waals surface area contributed by atoms with Crippen LogP contribution in [-0.4, -0.2) is 35.1 Å². The first-order valence-corrected chi connectivity index (χ1v) is 6.28. The van der Waals surface area contributed by atoms with E-state index in [-0.39, 0.29) is 6.61 Å². The van der Waals surface area contributed by atoms with Gasteiger partial charge >= 0.3 is 0 Å². The van der Waals surface area contributed by atoms with Crippen LogP contribution in [0.4, 0.5) is 0 Å². The Balaban J connectivity index is 2.14. The minimum atomic E-state index is 0.131. The topological polar surface area (TPSA) is 36.4 Å². The van der Waals surface area contributed by atoms with E-state index in [0.717, 1.165) is 17.1 Å². The summed E-state index contributed by atoms with van der Waals surface area (Å²) < 4.78 is 0. The van der Waals surface area contributed by atoms with Crippen molar-refractivity contribution in [2.45, 2.75) is 32.3 Å². The molecule has 0 saturated carbocycles. The lowest BCUT2D eigenvalue weighted by atomic mass is 9.99. The Morgan fingerprint density at radius 3 is 3.00 bits per heavy atom. The summed E-state index contributed by atoms with van der Waals surface area (Å²) in [7, 11) is 2.17. The lowest BCUT2D eigenvalue weighted by molar-refractivity contribution is 0.250. The molecule has 3 nitrogen and oxygen atoms in total. The molecule has 1 aliphatic rings. The first-order chi connectivity index (χ1) is 7.20. The van der Waals surface area contributed by atoms with Crippen LogP contribution in [0.15, 0.2) is 0 Å². The van der Waals surface area contributed by atoms with Gasteiger partial charge in [0.2, 0.25) is 0 Å². The maximum Gasteiger partial charge on any atom is 0.0975 e. The number of likely N-dealkylation sites (tertiary alicyclic amines) is 1. The first-order valence-electron chi connectivity index (χ1n) is 5.46. The molecule has 0 aromatic carbocycles. The average Bonchev–Trinajstić information content (AvgIpc) is 2.60. The van der Waals surface area contributed by atoms with E-state index >= 15 is 0 Å². The molecule has 1 N–H and O–H groups in total. The Hall–Kier alpha value is -0.450. The summed E-state index contributed by atoms with van der Waals surface area (Å²) in [6.45, 7) is 4.43. The van der Waals surface area contributed by atoms with E-state index in [1.807, 2.05) is 6.92 Å². The third kappa shape index (κ3) is 2.38. The molecule has 1 aromatic heterocycles. The average molecular weight is 226 g/mol. The largest absolute Gasteiger partial charge is 0.391 e. The molecule has 0 radical (unpaired) electrons. The number of piperidine rings is 1. The number of nitrogens with zero attached hydrogens (tertiary/aromatic N) is 2. The second-order valence-electron chi connectivity index (χ2n) is 4.32. The fourth-order valence-corrected chi connectivity index (χ4v) is 3.19. The number of rotatable bonds is 2. The zero-order valence-electron chi connectivity index (χ0n) is 9.36. The molecule has 2 heterocycles. The van der Waals surface area contributed by atoms with Crippen molar-refractivity contribution in [2.24, 2.45) is 0 Å². The standard InChI is InChI=1S/C11H18N2OS/c1-8-10(7-14)15-11(12-8)9-4-3-5-13(2)6-9/h9,14H,3-7H2,1-2H3. The van der Waals surface area contributed by atoms with Crippen LogP contribution in [0.2, 0.25) is 0 Å². The summed E-state index contributed by atoms with van der Waals surface area (Å²) in [5, 5.41) is 10.4. The van der Waals surface area contributed by atoms with E-state index in [9.17, 15) is 0 Å². The monoisotopic (exact) mass is 226 g/mol. The Labute approximate surface area is 94.8 Å². The number of aromatic nitrogens is 1. The number of aliphatic hydroxyl groups is 1. The minimum Gasteiger partial charge on any atom is -0.391 e. The number of hydrogen-bond acceptors (Lipinski definition) is 4. The normalized spacial score (nSPS) is 23.3. The van der Waals surface area contributed by atoms with Gasteiger partial charge < -0.3 is 10.0 Å². The van der Waals surface area contributed by atoms with Crippen LogP contribution in [0.1, 0.15) is 34.3 Å². The van der Waals surface area contributed by atoms with Crippen molar-refractivity contribution in [3.63, 3.8) is 0 Å². The van der Waals surface area contributed by atoms with E-state index in [4.69, 9.17) is 5.11 Å². The maximum absolute atomic E-state index is 9.14. The van der Waals surface area contributed by atoms with Crippen molar-refractivity contribution in [3.8, 4) is 0 Å². The number of thiazole rings is 1. The fraction of sp³-hybridized carbons (Fsp3) is 0.727. The van der Waals surface area contributed by atoms with Gasteiger partial charge in [-0.15, -0.1) is 11.3 Å². The molecule has 1 saturated heterocycles. The van der Waals surface area contributed by atoms with Gasteiger partial charge in [0.05, 0.1) is 22.2 Å². The van der Waals surface area contributed by atoms with Crippen LogP contribution in [-0.2, 0) is 6.61 Å². The van der Waals surface area contributed by atoms with Gasteiger partial charge in [0, 0.05) is 12.5 Å². The third-order valence-corrected chi connectivity index (χ3v) is 4.33. The van der Waals surface area contributed by atoms with Crippen molar-refractivity contribution >= 4 is 11.3 Å². The van der Waals surface area contributed by atoms with Crippen LogP contribution in [0, 0.1) is 6.92 Å². The smallest absolute Gasteiger partial charge is 0.0975 e. The van der Waals surface area contributed by atoms with Gasteiger partial charge in [0.25, 0.3) is 0 Å². The van der Waals surface area contributed by atoms with Crippen LogP contribution in [0.25, 0.3) is 0 Å². The van der Waals surface area contributed by atoms with Crippen molar-refractivity contribution in [2.75, 3.05) is 20.1 Å². The SMILES string of the molecule is Cc1nc(C2CCCN(C)C2)sc1CO. The molecule has 4 heteroatoms. The van der Waals surface area contributed by atoms with Gasteiger partial charge in [-0.1, -0.05) is 0 Å². The van der Waals surface area contributed by atoms with E-state index < -0.39 is 0 Å². The molecule has 1 aliphatic heterocycles. The molecule has 0 amide bonds. The Bertz CT molecular complexity index is 337. The van der Waals surface area contributed by atoms with Gasteiger partial charge in [-0.2, -0.15) is 0 Å². The number of aryl methyl sites for hydroxylation is 1. The van der Waals surface area contributed by atoms with Gasteiger partial charge in [-0.25, -0.2) is 4.98 Å². The summed E-state index contributed by atoms with van der Waals surface area (Å²) in [5.41, 5.74) is 1.01. The quantitative estimate of drug-likeness (QED) is 0.834. The second kappa shape index (κ2) is 4.60. The first kappa shape index (κ1) is 11.0. The lowest BCUT2D eigenvalue weighted by Gasteiger charge is -2.28. The van der Waals surface area contributed by atoms with Crippen molar-refractivity contribution in [1.29, 1.82) is 0 Å². The Morgan fingerprint density at radius 1 is 1.60 bits per heavy atom. The zero-order valence-corrected chi connectivity index (χ0v) is 10.2. The number of likely N-dealkylation sites (N-methyl/N-ethyl adjacent to an activating group) is 1. The van der Waals surface area contributed by atoms with Crippen LogP contribution >= 0.6 is 11.3 Å². The second-order valence-corrected chi connectivity index (χ2v) is 5.44. The molecule has 1 fully saturated rings. The van der Waals surface area contributed by atoms with Gasteiger partial charge in [-0.3, -0.25) is 0 Å². The molecule has 1 unspecified atom stereocenters. The van der Waals surface area contributed by atoms with Gasteiger partial charge in [0.15, 0.2) is 0 Å². The van der Waals surface area contributed by atoms with Gasteiger partial charge in [-0.05, 0) is 33.4 Å². The summed E-state index contributed by atoms with van der Waals surface area (Å²) in [6.07, 6.45) is 2.50. The van der Waals surface area contributed by atoms with E-state index in [1.54, 1.807) is 11.3 Å². The molecule has 15 heavy (non-hydrogen) atoms. The van der Waals surface area contributed by atoms with Crippen molar-refractivity contribution < 1.29 is 5.11 Å². The molecule has 0 spiro atoms. The number of aliphatic hydroxyl groups excluding tert-OH is 1. The molecule has 0 bridgehead atoms. The Kier molecular flexibility index (Phi) is 3.38. The highest BCUT2D eigenvalue weighted by Crippen LogP contribution is 2.31. The predicted molar refractivity (Wildman–Crippen MR) is 62.2 cm³/mol. The molecule has 2 rings (SSSR count). The fourth-order valence-electron chi connectivity index (χ4n) is 2.14. The minimum absolute atomic E-state index is 0.131. The zero-order chi connectivity index (χ0) is 10.8. The molecule has 0 aliphatic carbocycles. The van der Waals surface area contributed by atoms with E-state index in [1.165, 1.54) is 24.4 Å². The highest BCUT2D eigenvalue weighted by molar-refractivity contribution is 7.11. The van der Waals surface area contributed by atoms with Crippen LogP contribution in [0.5, 0.6) is 0 Å². The highest BCUT2D eigenvalue weighted by atomic mass is 32.1.